The fourth-order valence-corrected chi connectivity index (χ4v) is 3.85. The highest BCUT2D eigenvalue weighted by Crippen LogP contribution is 2.42. The van der Waals surface area contributed by atoms with Gasteiger partial charge in [-0.1, -0.05) is 12.1 Å². The number of carbonyl (C=O) groups excluding carboxylic acids is 1. The van der Waals surface area contributed by atoms with Crippen LogP contribution in [-0.2, 0) is 11.2 Å². The molecule has 0 aliphatic heterocycles. The van der Waals surface area contributed by atoms with Gasteiger partial charge in [-0.05, 0) is 76.7 Å². The van der Waals surface area contributed by atoms with Crippen LogP contribution < -0.4 is 9.47 Å². The van der Waals surface area contributed by atoms with Crippen LogP contribution in [0.5, 0.6) is 17.2 Å². The van der Waals surface area contributed by atoms with Gasteiger partial charge in [0.05, 0.1) is 26.9 Å². The normalized spacial score (nSPS) is 13.7. The number of ether oxygens (including phenoxy) is 2. The molecule has 0 saturated heterocycles. The minimum Gasteiger partial charge on any atom is -0.502 e. The molecular formula is C26H23FO5. The molecule has 1 heterocycles. The van der Waals surface area contributed by atoms with E-state index in [-0.39, 0.29) is 35.3 Å². The molecule has 1 aliphatic rings. The molecule has 3 aromatic rings. The largest absolute Gasteiger partial charge is 0.502 e. The summed E-state index contributed by atoms with van der Waals surface area (Å²) in [5.41, 5.74) is 4.22. The Balaban J connectivity index is 1.65. The first-order chi connectivity index (χ1) is 15.5. The van der Waals surface area contributed by atoms with Crippen LogP contribution in [0.25, 0.3) is 17.7 Å². The Hall–Kier alpha value is -3.80. The van der Waals surface area contributed by atoms with Crippen molar-refractivity contribution in [2.24, 2.45) is 0 Å². The minimum atomic E-state index is -0.317. The lowest BCUT2D eigenvalue weighted by atomic mass is 9.96. The minimum absolute atomic E-state index is 0.0651. The van der Waals surface area contributed by atoms with Crippen molar-refractivity contribution in [2.45, 2.75) is 19.3 Å². The predicted molar refractivity (Wildman–Crippen MR) is 120 cm³/mol. The molecule has 6 heteroatoms. The maximum Gasteiger partial charge on any atom is 0.200 e. The lowest BCUT2D eigenvalue weighted by Crippen LogP contribution is -2.02. The van der Waals surface area contributed by atoms with Crippen LogP contribution in [-0.4, -0.2) is 25.1 Å². The molecule has 0 unspecified atom stereocenters. The fraction of sp³-hybridized carbons (Fsp3) is 0.192. The molecule has 1 aliphatic carbocycles. The summed E-state index contributed by atoms with van der Waals surface area (Å²) in [5.74, 6) is 0.878. The topological polar surface area (TPSA) is 68.9 Å². The smallest absolute Gasteiger partial charge is 0.200 e. The van der Waals surface area contributed by atoms with Crippen molar-refractivity contribution in [1.29, 1.82) is 0 Å². The number of methoxy groups -OCH3 is 2. The van der Waals surface area contributed by atoms with Crippen molar-refractivity contribution in [3.8, 4) is 17.2 Å². The summed E-state index contributed by atoms with van der Waals surface area (Å²) >= 11 is 0. The van der Waals surface area contributed by atoms with Gasteiger partial charge in [-0.2, -0.15) is 0 Å². The van der Waals surface area contributed by atoms with Gasteiger partial charge in [0.25, 0.3) is 0 Å². The number of rotatable bonds is 8. The van der Waals surface area contributed by atoms with Gasteiger partial charge in [-0.15, -0.1) is 0 Å². The van der Waals surface area contributed by atoms with Crippen LogP contribution in [0.3, 0.4) is 0 Å². The molecule has 0 amide bonds. The van der Waals surface area contributed by atoms with Crippen molar-refractivity contribution in [1.82, 2.24) is 0 Å². The molecule has 164 valence electrons. The molecular weight excluding hydrogens is 411 g/mol. The molecule has 0 radical (unpaired) electrons. The highest BCUT2D eigenvalue weighted by Gasteiger charge is 2.21. The average molecular weight is 434 g/mol. The van der Waals surface area contributed by atoms with E-state index in [1.807, 2.05) is 12.2 Å². The van der Waals surface area contributed by atoms with Crippen LogP contribution in [0, 0.1) is 5.82 Å². The fourth-order valence-electron chi connectivity index (χ4n) is 3.85. The molecule has 5 nitrogen and oxygen atoms in total. The summed E-state index contributed by atoms with van der Waals surface area (Å²) < 4.78 is 29.6. The lowest BCUT2D eigenvalue weighted by molar-refractivity contribution is -0.118. The first kappa shape index (κ1) is 21.4. The number of hydrogen-bond acceptors (Lipinski definition) is 5. The quantitative estimate of drug-likeness (QED) is 0.495. The zero-order valence-electron chi connectivity index (χ0n) is 17.9. The Labute approximate surface area is 185 Å². The molecule has 0 fully saturated rings. The van der Waals surface area contributed by atoms with Crippen molar-refractivity contribution >= 4 is 23.5 Å². The summed E-state index contributed by atoms with van der Waals surface area (Å²) in [7, 11) is 2.93. The van der Waals surface area contributed by atoms with Crippen LogP contribution in [0.2, 0.25) is 0 Å². The number of halogens is 1. The molecule has 0 bridgehead atoms. The van der Waals surface area contributed by atoms with Gasteiger partial charge in [-0.3, -0.25) is 4.79 Å². The summed E-state index contributed by atoms with van der Waals surface area (Å²) in [4.78, 5) is 12.4. The number of furan rings is 1. The number of Topliss-reactive ketones (excluding diaryl/α,β-unsaturated/α-hetero) is 1. The first-order valence-electron chi connectivity index (χ1n) is 10.2. The third-order valence-corrected chi connectivity index (χ3v) is 5.42. The summed E-state index contributed by atoms with van der Waals surface area (Å²) in [5, 5.41) is 10.2. The van der Waals surface area contributed by atoms with Crippen molar-refractivity contribution in [3.63, 3.8) is 0 Å². The SMILES string of the molecule is COc1cc(/C=C2/C(CCC(=O)Cc3ccco3)=Cc3cc(F)ccc32)cc(OC)c1O. The molecule has 32 heavy (non-hydrogen) atoms. The second-order valence-corrected chi connectivity index (χ2v) is 7.53. The maximum absolute atomic E-state index is 13.8. The Morgan fingerprint density at radius 1 is 1.12 bits per heavy atom. The second-order valence-electron chi connectivity index (χ2n) is 7.53. The Bertz CT molecular complexity index is 1180. The van der Waals surface area contributed by atoms with Gasteiger partial charge in [0.2, 0.25) is 5.75 Å². The van der Waals surface area contributed by atoms with Crippen LogP contribution in [0.1, 0.15) is 35.3 Å². The number of hydrogen-bond donors (Lipinski definition) is 1. The zero-order valence-corrected chi connectivity index (χ0v) is 17.9. The third-order valence-electron chi connectivity index (χ3n) is 5.42. The molecule has 4 rings (SSSR count). The summed E-state index contributed by atoms with van der Waals surface area (Å²) in [6.45, 7) is 0. The third kappa shape index (κ3) is 4.44. The number of fused-ring (bicyclic) bond motifs is 1. The van der Waals surface area contributed by atoms with E-state index in [0.29, 0.717) is 18.6 Å². The lowest BCUT2D eigenvalue weighted by Gasteiger charge is -2.12. The van der Waals surface area contributed by atoms with Crippen LogP contribution in [0.4, 0.5) is 4.39 Å². The molecule has 1 N–H and O–H groups in total. The summed E-state index contributed by atoms with van der Waals surface area (Å²) in [6, 6.07) is 11.6. The van der Waals surface area contributed by atoms with E-state index >= 15 is 0 Å². The van der Waals surface area contributed by atoms with E-state index in [2.05, 4.69) is 0 Å². The number of carbonyl (C=O) groups is 1. The van der Waals surface area contributed by atoms with Gasteiger partial charge in [0.1, 0.15) is 17.4 Å². The monoisotopic (exact) mass is 434 g/mol. The van der Waals surface area contributed by atoms with Gasteiger partial charge in [-0.25, -0.2) is 4.39 Å². The molecule has 0 saturated carbocycles. The van der Waals surface area contributed by atoms with E-state index in [0.717, 1.165) is 27.8 Å². The Morgan fingerprint density at radius 3 is 2.53 bits per heavy atom. The first-order valence-corrected chi connectivity index (χ1v) is 10.2. The van der Waals surface area contributed by atoms with Gasteiger partial charge in [0.15, 0.2) is 11.5 Å². The van der Waals surface area contributed by atoms with Gasteiger partial charge < -0.3 is 19.0 Å². The number of phenols is 1. The number of ketones is 1. The maximum atomic E-state index is 13.8. The highest BCUT2D eigenvalue weighted by molar-refractivity contribution is 6.02. The van der Waals surface area contributed by atoms with Crippen molar-refractivity contribution in [2.75, 3.05) is 14.2 Å². The molecule has 1 aromatic heterocycles. The number of allylic oxidation sites excluding steroid dienone is 2. The van der Waals surface area contributed by atoms with E-state index in [9.17, 15) is 14.3 Å². The van der Waals surface area contributed by atoms with E-state index in [1.165, 1.54) is 26.4 Å². The predicted octanol–water partition coefficient (Wildman–Crippen LogP) is 5.67. The molecule has 2 aromatic carbocycles. The van der Waals surface area contributed by atoms with Crippen molar-refractivity contribution in [3.05, 3.63) is 82.6 Å². The highest BCUT2D eigenvalue weighted by atomic mass is 19.1. The molecule has 0 atom stereocenters. The Kier molecular flexibility index (Phi) is 6.12. The van der Waals surface area contributed by atoms with Gasteiger partial charge in [0, 0.05) is 6.42 Å². The van der Waals surface area contributed by atoms with Crippen molar-refractivity contribution < 1.29 is 28.2 Å². The standard InChI is InChI=1S/C26H23FO5/c1-30-24-11-16(12-25(31-2)26(24)29)10-23-17(13-18-14-19(27)6-8-22(18)23)5-7-20(28)15-21-4-3-9-32-21/h3-4,6,8-14,29H,5,7,15H2,1-2H3/b23-10-. The van der Waals surface area contributed by atoms with Gasteiger partial charge >= 0.3 is 0 Å². The number of aromatic hydroxyl groups is 1. The molecule has 0 spiro atoms. The van der Waals surface area contributed by atoms with Crippen LogP contribution >= 0.6 is 0 Å². The summed E-state index contributed by atoms with van der Waals surface area (Å²) in [6.07, 6.45) is 6.48. The van der Waals surface area contributed by atoms with E-state index < -0.39 is 0 Å². The second kappa shape index (κ2) is 9.14. The number of benzene rings is 2. The average Bonchev–Trinajstić information content (AvgIpc) is 3.40. The zero-order chi connectivity index (χ0) is 22.7. The number of phenolic OH excluding ortho intramolecular Hbond substituents is 1. The Morgan fingerprint density at radius 2 is 1.88 bits per heavy atom. The van der Waals surface area contributed by atoms with E-state index in [1.54, 1.807) is 36.6 Å². The van der Waals surface area contributed by atoms with Crippen LogP contribution in [0.15, 0.2) is 58.7 Å². The van der Waals surface area contributed by atoms with E-state index in [4.69, 9.17) is 13.9 Å².